The lowest BCUT2D eigenvalue weighted by Crippen LogP contribution is -2.53. The van der Waals surface area contributed by atoms with Crippen LogP contribution in [0.5, 0.6) is 0 Å². The number of benzene rings is 1. The van der Waals surface area contributed by atoms with E-state index in [0.29, 0.717) is 6.04 Å². The summed E-state index contributed by atoms with van der Waals surface area (Å²) >= 11 is 0. The summed E-state index contributed by atoms with van der Waals surface area (Å²) < 4.78 is 5.99. The lowest BCUT2D eigenvalue weighted by Gasteiger charge is -2.38. The number of hydrogen-bond acceptors (Lipinski definition) is 3. The van der Waals surface area contributed by atoms with E-state index in [9.17, 15) is 4.79 Å². The predicted octanol–water partition coefficient (Wildman–Crippen LogP) is 2.70. The van der Waals surface area contributed by atoms with Gasteiger partial charge < -0.3 is 15.0 Å². The van der Waals surface area contributed by atoms with Gasteiger partial charge >= 0.3 is 0 Å². The number of halogens is 1. The Morgan fingerprint density at radius 1 is 1.30 bits per heavy atom. The quantitative estimate of drug-likeness (QED) is 0.901. The van der Waals surface area contributed by atoms with Crippen LogP contribution >= 0.6 is 12.4 Å². The number of carbonyl (C=O) groups is 1. The normalized spacial score (nSPS) is 28.1. The Bertz CT molecular complexity index is 520. The summed E-state index contributed by atoms with van der Waals surface area (Å²) in [5.74, 6) is 0.223. The minimum Gasteiger partial charge on any atom is -0.373 e. The highest BCUT2D eigenvalue weighted by Gasteiger charge is 2.36. The van der Waals surface area contributed by atoms with Crippen molar-refractivity contribution in [1.82, 2.24) is 10.2 Å². The van der Waals surface area contributed by atoms with Gasteiger partial charge in [-0.25, -0.2) is 0 Å². The van der Waals surface area contributed by atoms with Crippen molar-refractivity contribution in [3.05, 3.63) is 35.4 Å². The number of carbonyl (C=O) groups excluding carboxylic acids is 1. The maximum absolute atomic E-state index is 13.0. The van der Waals surface area contributed by atoms with Crippen molar-refractivity contribution in [2.24, 2.45) is 5.92 Å². The van der Waals surface area contributed by atoms with Gasteiger partial charge in [-0.3, -0.25) is 4.79 Å². The third-order valence-corrected chi connectivity index (χ3v) is 4.73. The van der Waals surface area contributed by atoms with E-state index in [2.05, 4.69) is 43.4 Å². The van der Waals surface area contributed by atoms with Crippen molar-refractivity contribution in [1.29, 1.82) is 0 Å². The number of hydrogen-bond donors (Lipinski definition) is 1. The number of aryl methyl sites for hydroxylation is 1. The molecule has 0 aliphatic carbocycles. The van der Waals surface area contributed by atoms with Crippen LogP contribution in [0.25, 0.3) is 0 Å². The van der Waals surface area contributed by atoms with E-state index < -0.39 is 0 Å². The second kappa shape index (κ2) is 8.13. The van der Waals surface area contributed by atoms with Gasteiger partial charge in [-0.05, 0) is 32.3 Å². The van der Waals surface area contributed by atoms with Crippen LogP contribution in [-0.4, -0.2) is 43.1 Å². The monoisotopic (exact) mass is 338 g/mol. The molecular formula is C18H27ClN2O2. The lowest BCUT2D eigenvalue weighted by molar-refractivity contribution is -0.146. The van der Waals surface area contributed by atoms with Gasteiger partial charge in [-0.1, -0.05) is 29.8 Å². The first-order valence-corrected chi connectivity index (χ1v) is 8.35. The fourth-order valence-electron chi connectivity index (χ4n) is 3.49. The van der Waals surface area contributed by atoms with Crippen LogP contribution in [0, 0.1) is 12.8 Å². The first-order valence-electron chi connectivity index (χ1n) is 8.35. The molecule has 1 amide bonds. The fraction of sp³-hybridized carbons (Fsp3) is 0.611. The Labute approximate surface area is 145 Å². The third-order valence-electron chi connectivity index (χ3n) is 4.73. The molecule has 2 fully saturated rings. The second-order valence-electron chi connectivity index (χ2n) is 6.59. The molecular weight excluding hydrogens is 312 g/mol. The van der Waals surface area contributed by atoms with Gasteiger partial charge in [0, 0.05) is 32.3 Å². The van der Waals surface area contributed by atoms with Crippen LogP contribution in [0.1, 0.15) is 37.0 Å². The van der Waals surface area contributed by atoms with E-state index in [4.69, 9.17) is 4.74 Å². The maximum atomic E-state index is 13.0. The highest BCUT2D eigenvalue weighted by molar-refractivity contribution is 5.85. The van der Waals surface area contributed by atoms with Crippen LogP contribution in [0.3, 0.4) is 0 Å². The standard InChI is InChI=1S/C18H26N2O2.ClH/c1-13-5-7-15(8-6-13)17-16(4-3-11-22-17)18(21)20-10-9-19-14(2)12-20;/h5-8,14,16-17,19H,3-4,9-12H2,1-2H3;1H. The molecule has 2 aliphatic rings. The summed E-state index contributed by atoms with van der Waals surface area (Å²) in [6.07, 6.45) is 1.81. The first-order chi connectivity index (χ1) is 10.6. The minimum absolute atomic E-state index is 0. The number of ether oxygens (including phenoxy) is 1. The second-order valence-corrected chi connectivity index (χ2v) is 6.59. The predicted molar refractivity (Wildman–Crippen MR) is 93.9 cm³/mol. The Kier molecular flexibility index (Phi) is 6.45. The molecule has 23 heavy (non-hydrogen) atoms. The van der Waals surface area contributed by atoms with Gasteiger partial charge in [0.1, 0.15) is 0 Å². The maximum Gasteiger partial charge on any atom is 0.228 e. The fourth-order valence-corrected chi connectivity index (χ4v) is 3.49. The van der Waals surface area contributed by atoms with Gasteiger partial charge in [0.2, 0.25) is 5.91 Å². The van der Waals surface area contributed by atoms with Crippen molar-refractivity contribution in [3.63, 3.8) is 0 Å². The van der Waals surface area contributed by atoms with Crippen molar-refractivity contribution in [3.8, 4) is 0 Å². The van der Waals surface area contributed by atoms with E-state index in [1.165, 1.54) is 5.56 Å². The van der Waals surface area contributed by atoms with Gasteiger partial charge in [0.15, 0.2) is 0 Å². The van der Waals surface area contributed by atoms with Crippen LogP contribution in [0.2, 0.25) is 0 Å². The zero-order valence-corrected chi connectivity index (χ0v) is 14.8. The molecule has 1 aromatic carbocycles. The zero-order chi connectivity index (χ0) is 15.5. The van der Waals surface area contributed by atoms with E-state index in [1.54, 1.807) is 0 Å². The number of rotatable bonds is 2. The summed E-state index contributed by atoms with van der Waals surface area (Å²) in [6.45, 7) is 7.46. The molecule has 128 valence electrons. The molecule has 2 saturated heterocycles. The molecule has 1 N–H and O–H groups in total. The number of piperazine rings is 1. The van der Waals surface area contributed by atoms with Gasteiger partial charge in [0.25, 0.3) is 0 Å². The molecule has 0 radical (unpaired) electrons. The van der Waals surface area contributed by atoms with Crippen molar-refractivity contribution in [2.45, 2.75) is 38.8 Å². The van der Waals surface area contributed by atoms with E-state index in [1.807, 2.05) is 4.90 Å². The number of amides is 1. The Morgan fingerprint density at radius 2 is 2.04 bits per heavy atom. The molecule has 3 unspecified atom stereocenters. The highest BCUT2D eigenvalue weighted by atomic mass is 35.5. The molecule has 5 heteroatoms. The van der Waals surface area contributed by atoms with Crippen LogP contribution < -0.4 is 5.32 Å². The number of nitrogens with zero attached hydrogens (tertiary/aromatic N) is 1. The van der Waals surface area contributed by atoms with Crippen molar-refractivity contribution >= 4 is 18.3 Å². The third kappa shape index (κ3) is 4.25. The van der Waals surface area contributed by atoms with Gasteiger partial charge in [-0.2, -0.15) is 0 Å². The SMILES string of the molecule is Cc1ccc(C2OCCCC2C(=O)N2CCNC(C)C2)cc1.Cl. The van der Waals surface area contributed by atoms with Crippen LogP contribution in [0.15, 0.2) is 24.3 Å². The summed E-state index contributed by atoms with van der Waals surface area (Å²) in [7, 11) is 0. The molecule has 2 aliphatic heterocycles. The zero-order valence-electron chi connectivity index (χ0n) is 14.0. The largest absolute Gasteiger partial charge is 0.373 e. The van der Waals surface area contributed by atoms with Crippen molar-refractivity contribution in [2.75, 3.05) is 26.2 Å². The molecule has 2 heterocycles. The molecule has 3 atom stereocenters. The van der Waals surface area contributed by atoms with Crippen molar-refractivity contribution < 1.29 is 9.53 Å². The summed E-state index contributed by atoms with van der Waals surface area (Å²) in [5.41, 5.74) is 2.37. The summed E-state index contributed by atoms with van der Waals surface area (Å²) in [6, 6.07) is 8.78. The van der Waals surface area contributed by atoms with E-state index in [0.717, 1.165) is 44.6 Å². The molecule has 0 bridgehead atoms. The van der Waals surface area contributed by atoms with E-state index >= 15 is 0 Å². The summed E-state index contributed by atoms with van der Waals surface area (Å²) in [4.78, 5) is 15.0. The molecule has 1 aromatic rings. The molecule has 0 spiro atoms. The highest BCUT2D eigenvalue weighted by Crippen LogP contribution is 2.35. The minimum atomic E-state index is -0.0907. The molecule has 0 saturated carbocycles. The average Bonchev–Trinajstić information content (AvgIpc) is 2.55. The first kappa shape index (κ1) is 18.2. The van der Waals surface area contributed by atoms with Crippen LogP contribution in [0.4, 0.5) is 0 Å². The lowest BCUT2D eigenvalue weighted by atomic mass is 9.87. The number of nitrogens with one attached hydrogen (secondary N) is 1. The Morgan fingerprint density at radius 3 is 2.74 bits per heavy atom. The molecule has 3 rings (SSSR count). The smallest absolute Gasteiger partial charge is 0.228 e. The summed E-state index contributed by atoms with van der Waals surface area (Å²) in [5, 5.41) is 3.39. The average molecular weight is 339 g/mol. The van der Waals surface area contributed by atoms with Crippen LogP contribution in [-0.2, 0) is 9.53 Å². The molecule has 0 aromatic heterocycles. The van der Waals surface area contributed by atoms with Gasteiger partial charge in [-0.15, -0.1) is 12.4 Å². The van der Waals surface area contributed by atoms with Gasteiger partial charge in [0.05, 0.1) is 12.0 Å². The topological polar surface area (TPSA) is 41.6 Å². The Hall–Kier alpha value is -1.10. The van der Waals surface area contributed by atoms with E-state index in [-0.39, 0.29) is 30.3 Å². The molecule has 4 nitrogen and oxygen atoms in total. The Balaban J connectivity index is 0.00000192.